The molecule has 71 heavy (non-hydrogen) atoms. The van der Waals surface area contributed by atoms with Crippen LogP contribution in [0.2, 0.25) is 0 Å². The molecule has 0 radical (unpaired) electrons. The van der Waals surface area contributed by atoms with E-state index in [0.29, 0.717) is 151 Å². The molecule has 5 amide bonds. The standard InChI is InChI=1S/C51H68N4O16/c1-54(51(60)71-37-43-40-9-4-2-7-38(40)39-8-3-5-10-41(39)43)16-18-62-20-22-64-24-26-66-28-30-68-32-34-70-36-35-69-33-31-67-29-27-65-25-23-63-21-19-61-17-15-52-44-12-6-11-42-47(44)50(59)55(49(42)58)45-13-14-46(56)53-48(45)57/h2-12,43,45,52H,13-37H2,1H3,(H,53,56,57). The number of nitrogens with one attached hydrogen (secondary N) is 2. The van der Waals surface area contributed by atoms with Gasteiger partial charge in [-0.2, -0.15) is 0 Å². The zero-order valence-electron chi connectivity index (χ0n) is 40.6. The third kappa shape index (κ3) is 17.4. The Bertz CT molecular complexity index is 2100. The third-order valence-corrected chi connectivity index (χ3v) is 11.6. The summed E-state index contributed by atoms with van der Waals surface area (Å²) in [6.45, 7) is 9.58. The Morgan fingerprint density at radius 2 is 1.00 bits per heavy atom. The Morgan fingerprint density at radius 3 is 1.48 bits per heavy atom. The van der Waals surface area contributed by atoms with Crippen LogP contribution in [0.3, 0.4) is 0 Å². The molecule has 0 saturated carbocycles. The maximum absolute atomic E-state index is 13.2. The monoisotopic (exact) mass is 992 g/mol. The van der Waals surface area contributed by atoms with Gasteiger partial charge in [0.25, 0.3) is 11.8 Å². The molecule has 2 heterocycles. The summed E-state index contributed by atoms with van der Waals surface area (Å²) in [5, 5.41) is 5.34. The summed E-state index contributed by atoms with van der Waals surface area (Å²) in [5.74, 6) is -2.16. The number of amides is 5. The van der Waals surface area contributed by atoms with Crippen molar-refractivity contribution in [2.24, 2.45) is 0 Å². The SMILES string of the molecule is CN(CCOCCOCCOCCOCCOCCOCCOCCOCCOCCOCCNc1cccc2c1C(=O)N(C1CCC(=O)NC1=O)C2=O)C(=O)OCC1c2ccccc2-c2ccccc21. The van der Waals surface area contributed by atoms with Crippen LogP contribution in [0.25, 0.3) is 11.1 Å². The second-order valence-electron chi connectivity index (χ2n) is 16.5. The molecule has 6 rings (SSSR count). The van der Waals surface area contributed by atoms with Gasteiger partial charge in [-0.1, -0.05) is 54.6 Å². The van der Waals surface area contributed by atoms with Crippen LogP contribution in [-0.2, 0) is 61.7 Å². The van der Waals surface area contributed by atoms with Crippen molar-refractivity contribution in [2.75, 3.05) is 164 Å². The Kier molecular flexibility index (Phi) is 24.1. The summed E-state index contributed by atoms with van der Waals surface area (Å²) in [4.78, 5) is 65.2. The van der Waals surface area contributed by atoms with Crippen molar-refractivity contribution >= 4 is 35.4 Å². The van der Waals surface area contributed by atoms with E-state index >= 15 is 0 Å². The second-order valence-corrected chi connectivity index (χ2v) is 16.5. The van der Waals surface area contributed by atoms with Gasteiger partial charge in [-0.15, -0.1) is 0 Å². The molecule has 1 unspecified atom stereocenters. The number of anilines is 1. The number of carbonyl (C=O) groups is 5. The predicted molar refractivity (Wildman–Crippen MR) is 257 cm³/mol. The minimum Gasteiger partial charge on any atom is -0.448 e. The number of hydrogen-bond donors (Lipinski definition) is 2. The van der Waals surface area contributed by atoms with Crippen molar-refractivity contribution in [1.29, 1.82) is 0 Å². The van der Waals surface area contributed by atoms with E-state index in [4.69, 9.17) is 52.1 Å². The average molecular weight is 993 g/mol. The number of fused-ring (bicyclic) bond motifs is 4. The molecule has 1 atom stereocenters. The van der Waals surface area contributed by atoms with Crippen LogP contribution in [0.1, 0.15) is 50.6 Å². The van der Waals surface area contributed by atoms with E-state index in [-0.39, 0.29) is 42.6 Å². The number of imide groups is 2. The van der Waals surface area contributed by atoms with Crippen LogP contribution < -0.4 is 10.6 Å². The van der Waals surface area contributed by atoms with E-state index in [1.54, 1.807) is 25.2 Å². The van der Waals surface area contributed by atoms with Crippen LogP contribution in [-0.4, -0.2) is 204 Å². The topological polar surface area (TPSA) is 217 Å². The Balaban J connectivity index is 0.618. The molecule has 1 saturated heterocycles. The molecule has 0 aromatic heterocycles. The lowest BCUT2D eigenvalue weighted by atomic mass is 9.98. The molecule has 20 nitrogen and oxygen atoms in total. The van der Waals surface area contributed by atoms with Crippen molar-refractivity contribution in [3.63, 3.8) is 0 Å². The summed E-state index contributed by atoms with van der Waals surface area (Å²) in [6, 6.07) is 20.4. The normalized spacial score (nSPS) is 15.2. The third-order valence-electron chi connectivity index (χ3n) is 11.6. The maximum atomic E-state index is 13.2. The minimum atomic E-state index is -1.02. The van der Waals surface area contributed by atoms with Crippen LogP contribution >= 0.6 is 0 Å². The quantitative estimate of drug-likeness (QED) is 0.0624. The zero-order chi connectivity index (χ0) is 49.9. The fourth-order valence-electron chi connectivity index (χ4n) is 8.00. The van der Waals surface area contributed by atoms with Crippen LogP contribution in [0.5, 0.6) is 0 Å². The molecular formula is C51H68N4O16. The van der Waals surface area contributed by atoms with E-state index in [0.717, 1.165) is 4.90 Å². The molecule has 1 aliphatic carbocycles. The molecule has 0 bridgehead atoms. The average Bonchev–Trinajstić information content (AvgIpc) is 3.84. The molecule has 3 aromatic rings. The van der Waals surface area contributed by atoms with Gasteiger partial charge < -0.3 is 62.3 Å². The molecule has 20 heteroatoms. The van der Waals surface area contributed by atoms with E-state index in [9.17, 15) is 24.0 Å². The number of piperidine rings is 1. The van der Waals surface area contributed by atoms with E-state index in [1.807, 2.05) is 24.3 Å². The molecule has 2 N–H and O–H groups in total. The number of benzene rings is 3. The van der Waals surface area contributed by atoms with Crippen molar-refractivity contribution in [3.8, 4) is 11.1 Å². The second kappa shape index (κ2) is 31.2. The molecular weight excluding hydrogens is 925 g/mol. The molecule has 1 fully saturated rings. The fourth-order valence-corrected chi connectivity index (χ4v) is 8.00. The lowest BCUT2D eigenvalue weighted by Gasteiger charge is -2.27. The molecule has 3 aromatic carbocycles. The Morgan fingerprint density at radius 1 is 0.563 bits per heavy atom. The lowest BCUT2D eigenvalue weighted by Crippen LogP contribution is -2.54. The minimum absolute atomic E-state index is 0.0249. The van der Waals surface area contributed by atoms with E-state index < -0.39 is 29.7 Å². The summed E-state index contributed by atoms with van der Waals surface area (Å²) >= 11 is 0. The number of rotatable bonds is 37. The molecule has 388 valence electrons. The van der Waals surface area contributed by atoms with E-state index in [1.165, 1.54) is 27.2 Å². The van der Waals surface area contributed by atoms with Crippen molar-refractivity contribution < 1.29 is 76.1 Å². The highest BCUT2D eigenvalue weighted by Gasteiger charge is 2.45. The van der Waals surface area contributed by atoms with Gasteiger partial charge in [-0.05, 0) is 40.8 Å². The number of hydrogen-bond acceptors (Lipinski definition) is 17. The number of carbonyl (C=O) groups excluding carboxylic acids is 5. The lowest BCUT2D eigenvalue weighted by molar-refractivity contribution is -0.136. The highest BCUT2D eigenvalue weighted by Crippen LogP contribution is 2.44. The van der Waals surface area contributed by atoms with Crippen molar-refractivity contribution in [1.82, 2.24) is 15.1 Å². The highest BCUT2D eigenvalue weighted by atomic mass is 16.6. The number of ether oxygens (including phenoxy) is 11. The maximum Gasteiger partial charge on any atom is 0.409 e. The van der Waals surface area contributed by atoms with Gasteiger partial charge in [0.1, 0.15) is 12.6 Å². The fraction of sp³-hybridized carbons (Fsp3) is 0.549. The van der Waals surface area contributed by atoms with Gasteiger partial charge in [-0.25, -0.2) is 4.79 Å². The van der Waals surface area contributed by atoms with Gasteiger partial charge in [0, 0.05) is 38.2 Å². The van der Waals surface area contributed by atoms with Crippen LogP contribution in [0.15, 0.2) is 66.7 Å². The molecule has 0 spiro atoms. The van der Waals surface area contributed by atoms with E-state index in [2.05, 4.69) is 34.9 Å². The first kappa shape index (κ1) is 54.9. The van der Waals surface area contributed by atoms with Gasteiger partial charge >= 0.3 is 6.09 Å². The molecule has 3 aliphatic rings. The number of nitrogens with zero attached hydrogens (tertiary/aromatic N) is 2. The van der Waals surface area contributed by atoms with Gasteiger partial charge in [0.15, 0.2) is 0 Å². The van der Waals surface area contributed by atoms with Crippen LogP contribution in [0, 0.1) is 0 Å². The Labute approximate surface area is 414 Å². The predicted octanol–water partition coefficient (Wildman–Crippen LogP) is 3.55. The first-order valence-corrected chi connectivity index (χ1v) is 24.3. The first-order valence-electron chi connectivity index (χ1n) is 24.3. The summed E-state index contributed by atoms with van der Waals surface area (Å²) < 4.78 is 61.2. The number of likely N-dealkylation sites (N-methyl/N-ethyl adjacent to an activating group) is 1. The smallest absolute Gasteiger partial charge is 0.409 e. The van der Waals surface area contributed by atoms with Crippen LogP contribution in [0.4, 0.5) is 10.5 Å². The molecule has 2 aliphatic heterocycles. The summed E-state index contributed by atoms with van der Waals surface area (Å²) in [6.07, 6.45) is -0.218. The first-order chi connectivity index (χ1) is 34.8. The summed E-state index contributed by atoms with van der Waals surface area (Å²) in [5.41, 5.74) is 5.65. The van der Waals surface area contributed by atoms with Crippen molar-refractivity contribution in [3.05, 3.63) is 89.0 Å². The summed E-state index contributed by atoms with van der Waals surface area (Å²) in [7, 11) is 1.71. The van der Waals surface area contributed by atoms with Crippen molar-refractivity contribution in [2.45, 2.75) is 24.8 Å². The van der Waals surface area contributed by atoms with Gasteiger partial charge in [-0.3, -0.25) is 29.4 Å². The highest BCUT2D eigenvalue weighted by molar-refractivity contribution is 6.25. The van der Waals surface area contributed by atoms with Gasteiger partial charge in [0.05, 0.1) is 143 Å². The Hall–Kier alpha value is -5.39. The largest absolute Gasteiger partial charge is 0.448 e. The van der Waals surface area contributed by atoms with Gasteiger partial charge in [0.2, 0.25) is 11.8 Å². The zero-order valence-corrected chi connectivity index (χ0v) is 40.6.